The third-order valence-electron chi connectivity index (χ3n) is 7.34. The maximum atomic E-state index is 12.4. The minimum Gasteiger partial charge on any atom is -0.326 e. The van der Waals surface area contributed by atoms with Gasteiger partial charge in [-0.05, 0) is 69.5 Å². The molecule has 4 aromatic carbocycles. The quantitative estimate of drug-likeness (QED) is 0.219. The molecule has 0 heterocycles. The molecule has 4 nitrogen and oxygen atoms in total. The van der Waals surface area contributed by atoms with Crippen LogP contribution in [-0.2, 0) is 15.0 Å². The molecule has 0 aliphatic heterocycles. The van der Waals surface area contributed by atoms with Gasteiger partial charge in [0.05, 0.1) is 5.41 Å². The Labute approximate surface area is 231 Å². The summed E-state index contributed by atoms with van der Waals surface area (Å²) in [6, 6.07) is 33.7. The van der Waals surface area contributed by atoms with Crippen molar-refractivity contribution in [3.8, 4) is 11.1 Å². The highest BCUT2D eigenvalue weighted by Gasteiger charge is 2.45. The van der Waals surface area contributed by atoms with Crippen molar-refractivity contribution in [3.63, 3.8) is 0 Å². The summed E-state index contributed by atoms with van der Waals surface area (Å²) in [4.78, 5) is 24.8. The number of carbonyl (C=O) groups excluding carboxylic acids is 2. The summed E-state index contributed by atoms with van der Waals surface area (Å²) < 4.78 is 0. The molecule has 0 atom stereocenters. The van der Waals surface area contributed by atoms with Crippen molar-refractivity contribution in [1.82, 2.24) is 0 Å². The van der Waals surface area contributed by atoms with Crippen molar-refractivity contribution in [1.29, 1.82) is 0 Å². The molecular weight excluding hydrogens is 480 g/mol. The molecule has 39 heavy (non-hydrogen) atoms. The van der Waals surface area contributed by atoms with Crippen LogP contribution in [0.4, 0.5) is 11.4 Å². The molecule has 0 spiro atoms. The predicted molar refractivity (Wildman–Crippen MR) is 160 cm³/mol. The maximum absolute atomic E-state index is 12.4. The molecule has 2 N–H and O–H groups in total. The summed E-state index contributed by atoms with van der Waals surface area (Å²) in [5.74, 6) is 0.660. The molecule has 5 rings (SSSR count). The van der Waals surface area contributed by atoms with E-state index >= 15 is 0 Å². The lowest BCUT2D eigenvalue weighted by molar-refractivity contribution is -0.117. The molecule has 0 unspecified atom stereocenters. The average Bonchev–Trinajstić information content (AvgIpc) is 3.20. The van der Waals surface area contributed by atoms with E-state index in [1.807, 2.05) is 52.0 Å². The first-order valence-corrected chi connectivity index (χ1v) is 13.8. The Morgan fingerprint density at radius 2 is 0.923 bits per heavy atom. The molecule has 4 aromatic rings. The molecule has 0 aromatic heterocycles. The zero-order valence-electron chi connectivity index (χ0n) is 23.1. The van der Waals surface area contributed by atoms with Gasteiger partial charge in [0.1, 0.15) is 0 Å². The van der Waals surface area contributed by atoms with Gasteiger partial charge in [0.2, 0.25) is 11.8 Å². The van der Waals surface area contributed by atoms with Gasteiger partial charge >= 0.3 is 0 Å². The van der Waals surface area contributed by atoms with Crippen LogP contribution in [0.15, 0.2) is 97.1 Å². The Morgan fingerprint density at radius 1 is 0.564 bits per heavy atom. The number of amides is 2. The van der Waals surface area contributed by atoms with Crippen LogP contribution in [-0.4, -0.2) is 11.8 Å². The summed E-state index contributed by atoms with van der Waals surface area (Å²) in [6.45, 7) is 8.18. The third-order valence-corrected chi connectivity index (χ3v) is 7.34. The van der Waals surface area contributed by atoms with Gasteiger partial charge < -0.3 is 10.6 Å². The van der Waals surface area contributed by atoms with Crippen molar-refractivity contribution in [2.24, 2.45) is 11.8 Å². The highest BCUT2D eigenvalue weighted by atomic mass is 16.2. The van der Waals surface area contributed by atoms with Crippen LogP contribution in [0, 0.1) is 11.8 Å². The molecule has 0 saturated heterocycles. The lowest BCUT2D eigenvalue weighted by atomic mass is 9.67. The van der Waals surface area contributed by atoms with Gasteiger partial charge in [-0.2, -0.15) is 0 Å². The van der Waals surface area contributed by atoms with Crippen molar-refractivity contribution in [2.45, 2.75) is 46.0 Å². The number of rotatable bonds is 8. The Kier molecular flexibility index (Phi) is 7.38. The van der Waals surface area contributed by atoms with E-state index in [1.54, 1.807) is 0 Å². The monoisotopic (exact) mass is 516 g/mol. The zero-order valence-corrected chi connectivity index (χ0v) is 23.1. The number of nitrogens with one attached hydrogen (secondary N) is 2. The summed E-state index contributed by atoms with van der Waals surface area (Å²) in [5, 5.41) is 6.08. The van der Waals surface area contributed by atoms with Gasteiger partial charge in [0.15, 0.2) is 0 Å². The fraction of sp³-hybridized carbons (Fsp3) is 0.257. The van der Waals surface area contributed by atoms with E-state index in [0.29, 0.717) is 24.7 Å². The van der Waals surface area contributed by atoms with Crippen LogP contribution in [0.25, 0.3) is 11.1 Å². The average molecular weight is 517 g/mol. The van der Waals surface area contributed by atoms with Crippen LogP contribution in [0.5, 0.6) is 0 Å². The zero-order chi connectivity index (χ0) is 27.6. The molecule has 1 aliphatic carbocycles. The third kappa shape index (κ3) is 5.12. The largest absolute Gasteiger partial charge is 0.326 e. The highest BCUT2D eigenvalue weighted by molar-refractivity contribution is 5.92. The summed E-state index contributed by atoms with van der Waals surface area (Å²) in [5.41, 5.74) is 8.18. The number of hydrogen-bond donors (Lipinski definition) is 2. The molecule has 0 bridgehead atoms. The predicted octanol–water partition coefficient (Wildman–Crippen LogP) is 8.02. The number of carbonyl (C=O) groups is 2. The number of benzene rings is 4. The molecule has 4 heteroatoms. The first-order valence-electron chi connectivity index (χ1n) is 13.8. The fourth-order valence-electron chi connectivity index (χ4n) is 5.80. The van der Waals surface area contributed by atoms with Gasteiger partial charge in [0.25, 0.3) is 0 Å². The number of fused-ring (bicyclic) bond motifs is 3. The van der Waals surface area contributed by atoms with E-state index in [4.69, 9.17) is 0 Å². The van der Waals surface area contributed by atoms with E-state index in [1.165, 1.54) is 22.3 Å². The lowest BCUT2D eigenvalue weighted by Gasteiger charge is -2.34. The summed E-state index contributed by atoms with van der Waals surface area (Å²) >= 11 is 0. The second-order valence-corrected chi connectivity index (χ2v) is 11.3. The van der Waals surface area contributed by atoms with Crippen molar-refractivity contribution >= 4 is 23.2 Å². The lowest BCUT2D eigenvalue weighted by Crippen LogP contribution is -2.28. The number of hydrogen-bond acceptors (Lipinski definition) is 2. The van der Waals surface area contributed by atoms with Gasteiger partial charge in [-0.1, -0.05) is 100 Å². The number of anilines is 2. The highest BCUT2D eigenvalue weighted by Crippen LogP contribution is 2.56. The molecule has 0 radical (unpaired) electrons. The topological polar surface area (TPSA) is 58.2 Å². The molecular formula is C35H36N2O2. The van der Waals surface area contributed by atoms with E-state index in [-0.39, 0.29) is 11.8 Å². The van der Waals surface area contributed by atoms with E-state index in [2.05, 4.69) is 83.4 Å². The minimum atomic E-state index is -0.534. The molecule has 198 valence electrons. The summed E-state index contributed by atoms with van der Waals surface area (Å²) in [7, 11) is 0. The first kappa shape index (κ1) is 26.4. The first-order chi connectivity index (χ1) is 18.8. The van der Waals surface area contributed by atoms with Gasteiger partial charge in [-0.3, -0.25) is 9.59 Å². The maximum Gasteiger partial charge on any atom is 0.224 e. The van der Waals surface area contributed by atoms with Crippen molar-refractivity contribution in [2.75, 3.05) is 10.6 Å². The van der Waals surface area contributed by atoms with Crippen LogP contribution >= 0.6 is 0 Å². The minimum absolute atomic E-state index is 0.0270. The van der Waals surface area contributed by atoms with Gasteiger partial charge in [-0.15, -0.1) is 0 Å². The van der Waals surface area contributed by atoms with Crippen LogP contribution in [0.2, 0.25) is 0 Å². The van der Waals surface area contributed by atoms with Crippen molar-refractivity contribution in [3.05, 3.63) is 119 Å². The van der Waals surface area contributed by atoms with E-state index < -0.39 is 5.41 Å². The van der Waals surface area contributed by atoms with Crippen LogP contribution in [0.3, 0.4) is 0 Å². The molecule has 2 amide bonds. The molecule has 1 aliphatic rings. The van der Waals surface area contributed by atoms with E-state index in [9.17, 15) is 9.59 Å². The Morgan fingerprint density at radius 3 is 1.28 bits per heavy atom. The SMILES string of the molecule is CC(C)CC(=O)Nc1ccc(C2(c3ccc(NC(=O)CC(C)C)cc3)c3ccccc3-c3ccccc32)cc1. The van der Waals surface area contributed by atoms with Gasteiger partial charge in [0, 0.05) is 24.2 Å². The second-order valence-electron chi connectivity index (χ2n) is 11.3. The normalized spacial score (nSPS) is 13.2. The van der Waals surface area contributed by atoms with Crippen molar-refractivity contribution < 1.29 is 9.59 Å². The second kappa shape index (κ2) is 10.9. The Balaban J connectivity index is 1.61. The standard InChI is InChI=1S/C35H36N2O2/c1-23(2)21-33(38)36-27-17-13-25(14-18-27)35(26-15-19-28(20-16-26)37-34(39)22-24(3)4)31-11-7-5-9-29(31)30-10-6-8-12-32(30)35/h5-20,23-24H,21-22H2,1-4H3,(H,36,38)(H,37,39). The Hall–Kier alpha value is -4.18. The molecule has 0 fully saturated rings. The molecule has 0 saturated carbocycles. The van der Waals surface area contributed by atoms with Gasteiger partial charge in [-0.25, -0.2) is 0 Å². The van der Waals surface area contributed by atoms with Crippen LogP contribution in [0.1, 0.15) is 62.8 Å². The van der Waals surface area contributed by atoms with Crippen LogP contribution < -0.4 is 10.6 Å². The summed E-state index contributed by atoms with van der Waals surface area (Å²) in [6.07, 6.45) is 0.985. The smallest absolute Gasteiger partial charge is 0.224 e. The Bertz CT molecular complexity index is 1370. The van der Waals surface area contributed by atoms with E-state index in [0.717, 1.165) is 22.5 Å². The fourth-order valence-corrected chi connectivity index (χ4v) is 5.80.